The molecule has 1 aliphatic heterocycles. The fourth-order valence-corrected chi connectivity index (χ4v) is 7.95. The maximum atomic E-state index is 12.8. The first-order chi connectivity index (χ1) is 14.9. The molecule has 0 aliphatic carbocycles. The van der Waals surface area contributed by atoms with E-state index in [-0.39, 0.29) is 16.0 Å². The summed E-state index contributed by atoms with van der Waals surface area (Å²) in [6.07, 6.45) is 0.940. The fraction of sp³-hybridized carbons (Fsp3) is 0.238. The molecule has 0 bridgehead atoms. The summed E-state index contributed by atoms with van der Waals surface area (Å²) in [5, 5.41) is 5.76. The van der Waals surface area contributed by atoms with Crippen molar-refractivity contribution in [3.05, 3.63) is 52.9 Å². The summed E-state index contributed by atoms with van der Waals surface area (Å²) >= 11 is 8.40. The quantitative estimate of drug-likeness (QED) is 0.425. The number of rotatable bonds is 4. The van der Waals surface area contributed by atoms with Gasteiger partial charge in [0.25, 0.3) is 10.0 Å². The van der Waals surface area contributed by atoms with Crippen molar-refractivity contribution in [2.24, 2.45) is 5.92 Å². The minimum absolute atomic E-state index is 0.112. The number of nitrogens with zero attached hydrogens (tertiary/aromatic N) is 2. The Morgan fingerprint density at radius 2 is 1.84 bits per heavy atom. The van der Waals surface area contributed by atoms with Crippen molar-refractivity contribution < 1.29 is 13.2 Å². The number of sulfonamides is 1. The number of amides is 1. The summed E-state index contributed by atoms with van der Waals surface area (Å²) in [5.74, 6) is -0.360. The molecule has 3 heterocycles. The molecule has 6 nitrogen and oxygen atoms in total. The highest BCUT2D eigenvalue weighted by atomic mass is 35.5. The van der Waals surface area contributed by atoms with Gasteiger partial charge < -0.3 is 5.32 Å². The first-order valence-electron chi connectivity index (χ1n) is 9.76. The Kier molecular flexibility index (Phi) is 5.47. The molecule has 160 valence electrons. The average molecular weight is 492 g/mol. The predicted octanol–water partition coefficient (Wildman–Crippen LogP) is 5.20. The molecule has 2 aromatic carbocycles. The molecule has 4 aromatic rings. The van der Waals surface area contributed by atoms with Gasteiger partial charge in [-0.05, 0) is 36.4 Å². The van der Waals surface area contributed by atoms with Crippen LogP contribution in [0.5, 0.6) is 0 Å². The lowest BCUT2D eigenvalue weighted by atomic mass is 9.97. The van der Waals surface area contributed by atoms with E-state index in [0.29, 0.717) is 35.4 Å². The van der Waals surface area contributed by atoms with Crippen LogP contribution in [0, 0.1) is 5.92 Å². The van der Waals surface area contributed by atoms with E-state index >= 15 is 0 Å². The lowest BCUT2D eigenvalue weighted by Gasteiger charge is -2.29. The van der Waals surface area contributed by atoms with Crippen molar-refractivity contribution in [1.29, 1.82) is 0 Å². The van der Waals surface area contributed by atoms with E-state index in [0.717, 1.165) is 32.3 Å². The lowest BCUT2D eigenvalue weighted by Crippen LogP contribution is -2.41. The number of fused-ring (bicyclic) bond motifs is 3. The number of piperidine rings is 1. The number of hydrogen-bond donors (Lipinski definition) is 1. The molecular weight excluding hydrogens is 474 g/mol. The van der Waals surface area contributed by atoms with Crippen molar-refractivity contribution in [2.75, 3.05) is 18.4 Å². The van der Waals surface area contributed by atoms with Gasteiger partial charge in [0.05, 0.1) is 14.6 Å². The highest BCUT2D eigenvalue weighted by molar-refractivity contribution is 7.91. The van der Waals surface area contributed by atoms with Gasteiger partial charge >= 0.3 is 0 Å². The van der Waals surface area contributed by atoms with E-state index in [1.54, 1.807) is 6.07 Å². The van der Waals surface area contributed by atoms with Crippen LogP contribution in [-0.4, -0.2) is 36.7 Å². The highest BCUT2D eigenvalue weighted by Crippen LogP contribution is 2.34. The van der Waals surface area contributed by atoms with Gasteiger partial charge in [-0.1, -0.05) is 53.3 Å². The van der Waals surface area contributed by atoms with E-state index < -0.39 is 10.0 Å². The van der Waals surface area contributed by atoms with Gasteiger partial charge in [0, 0.05) is 24.4 Å². The SMILES string of the molecule is O=C(Nc1nc2ccc3ccccc3c2s1)C1CCN(S(=O)(=O)c2ccc(Cl)s2)CC1. The Morgan fingerprint density at radius 1 is 1.06 bits per heavy atom. The summed E-state index contributed by atoms with van der Waals surface area (Å²) < 4.78 is 28.6. The zero-order valence-corrected chi connectivity index (χ0v) is 19.5. The summed E-state index contributed by atoms with van der Waals surface area (Å²) in [6, 6.07) is 15.2. The number of thiazole rings is 1. The number of thiophene rings is 1. The van der Waals surface area contributed by atoms with Crippen molar-refractivity contribution in [3.8, 4) is 0 Å². The van der Waals surface area contributed by atoms with Gasteiger partial charge in [0.1, 0.15) is 4.21 Å². The number of carbonyl (C=O) groups is 1. The first kappa shape index (κ1) is 20.8. The Morgan fingerprint density at radius 3 is 2.58 bits per heavy atom. The molecule has 0 atom stereocenters. The van der Waals surface area contributed by atoms with E-state index in [4.69, 9.17) is 11.6 Å². The van der Waals surface area contributed by atoms with Crippen molar-refractivity contribution >= 4 is 76.3 Å². The van der Waals surface area contributed by atoms with Crippen molar-refractivity contribution in [1.82, 2.24) is 9.29 Å². The molecule has 1 N–H and O–H groups in total. The minimum Gasteiger partial charge on any atom is -0.302 e. The average Bonchev–Trinajstić information content (AvgIpc) is 3.40. The molecule has 0 radical (unpaired) electrons. The normalized spacial score (nSPS) is 16.2. The Bertz CT molecular complexity index is 1390. The van der Waals surface area contributed by atoms with Crippen molar-refractivity contribution in [3.63, 3.8) is 0 Å². The number of nitrogens with one attached hydrogen (secondary N) is 1. The topological polar surface area (TPSA) is 79.4 Å². The number of hydrogen-bond acceptors (Lipinski definition) is 6. The molecule has 2 aromatic heterocycles. The largest absolute Gasteiger partial charge is 0.302 e. The van der Waals surface area contributed by atoms with Gasteiger partial charge in [-0.15, -0.1) is 11.3 Å². The van der Waals surface area contributed by atoms with Gasteiger partial charge in [-0.2, -0.15) is 4.31 Å². The molecule has 1 aliphatic rings. The van der Waals surface area contributed by atoms with Gasteiger partial charge in [-0.3, -0.25) is 4.79 Å². The summed E-state index contributed by atoms with van der Waals surface area (Å²) in [5.41, 5.74) is 0.856. The molecule has 5 rings (SSSR count). The molecular formula is C21H18ClN3O3S3. The third-order valence-electron chi connectivity index (χ3n) is 5.48. The van der Waals surface area contributed by atoms with Crippen LogP contribution in [0.3, 0.4) is 0 Å². The number of carbonyl (C=O) groups excluding carboxylic acids is 1. The predicted molar refractivity (Wildman–Crippen MR) is 127 cm³/mol. The van der Waals surface area contributed by atoms with Gasteiger partial charge in [0.15, 0.2) is 5.13 Å². The fourth-order valence-electron chi connectivity index (χ4n) is 3.84. The Balaban J connectivity index is 1.27. The van der Waals surface area contributed by atoms with Crippen molar-refractivity contribution in [2.45, 2.75) is 17.1 Å². The maximum absolute atomic E-state index is 12.8. The van der Waals surface area contributed by atoms with E-state index in [2.05, 4.69) is 22.4 Å². The second-order valence-electron chi connectivity index (χ2n) is 7.38. The Labute approximate surface area is 192 Å². The van der Waals surface area contributed by atoms with Crippen LogP contribution in [-0.2, 0) is 14.8 Å². The van der Waals surface area contributed by atoms with Crippen LogP contribution in [0.4, 0.5) is 5.13 Å². The monoisotopic (exact) mass is 491 g/mol. The first-order valence-corrected chi connectivity index (χ1v) is 13.2. The molecule has 1 fully saturated rings. The van der Waals surface area contributed by atoms with Crippen LogP contribution < -0.4 is 5.32 Å². The van der Waals surface area contributed by atoms with E-state index in [1.165, 1.54) is 21.7 Å². The number of halogens is 1. The number of anilines is 1. The third-order valence-corrected chi connectivity index (χ3v) is 10.1. The summed E-state index contributed by atoms with van der Waals surface area (Å²) in [4.78, 5) is 17.4. The zero-order valence-electron chi connectivity index (χ0n) is 16.2. The summed E-state index contributed by atoms with van der Waals surface area (Å²) in [6.45, 7) is 0.612. The van der Waals surface area contributed by atoms with E-state index in [1.807, 2.05) is 24.3 Å². The van der Waals surface area contributed by atoms with Crippen LogP contribution in [0.1, 0.15) is 12.8 Å². The smallest absolute Gasteiger partial charge is 0.252 e. The van der Waals surface area contributed by atoms with Crippen LogP contribution >= 0.6 is 34.3 Å². The molecule has 0 unspecified atom stereocenters. The standard InChI is InChI=1S/C21H18ClN3O3S3/c22-17-7-8-18(29-17)31(27,28)25-11-9-14(10-12-25)20(26)24-21-23-16-6-5-13-3-1-2-4-15(13)19(16)30-21/h1-8,14H,9-12H2,(H,23,24,26). The molecule has 1 amide bonds. The number of aromatic nitrogens is 1. The van der Waals surface area contributed by atoms with Crippen LogP contribution in [0.25, 0.3) is 21.0 Å². The number of benzene rings is 2. The summed E-state index contributed by atoms with van der Waals surface area (Å²) in [7, 11) is -3.56. The molecule has 10 heteroatoms. The lowest BCUT2D eigenvalue weighted by molar-refractivity contribution is -0.120. The zero-order chi connectivity index (χ0) is 21.6. The molecule has 0 saturated carbocycles. The second-order valence-corrected chi connectivity index (χ2v) is 12.3. The van der Waals surface area contributed by atoms with Crippen LogP contribution in [0.15, 0.2) is 52.7 Å². The van der Waals surface area contributed by atoms with Gasteiger partial charge in [-0.25, -0.2) is 13.4 Å². The Hall–Kier alpha value is -2.04. The molecule has 1 saturated heterocycles. The third kappa shape index (κ3) is 3.96. The molecule has 0 spiro atoms. The highest BCUT2D eigenvalue weighted by Gasteiger charge is 2.33. The van der Waals surface area contributed by atoms with Crippen LogP contribution in [0.2, 0.25) is 4.34 Å². The molecule has 31 heavy (non-hydrogen) atoms. The second kappa shape index (κ2) is 8.14. The van der Waals surface area contributed by atoms with E-state index in [9.17, 15) is 13.2 Å². The van der Waals surface area contributed by atoms with Gasteiger partial charge in [0.2, 0.25) is 5.91 Å². The minimum atomic E-state index is -3.56. The maximum Gasteiger partial charge on any atom is 0.252 e.